The maximum absolute atomic E-state index is 14.8. The Balaban J connectivity index is 0.00000294. The summed E-state index contributed by atoms with van der Waals surface area (Å²) in [4.78, 5) is 21.7. The van der Waals surface area contributed by atoms with Gasteiger partial charge in [-0.3, -0.25) is 9.20 Å². The van der Waals surface area contributed by atoms with Crippen LogP contribution >= 0.6 is 12.4 Å². The summed E-state index contributed by atoms with van der Waals surface area (Å²) in [5.41, 5.74) is 3.20. The zero-order chi connectivity index (χ0) is 25.7. The van der Waals surface area contributed by atoms with Crippen molar-refractivity contribution < 1.29 is 18.3 Å². The van der Waals surface area contributed by atoms with Gasteiger partial charge in [-0.15, -0.1) is 12.4 Å². The normalized spacial score (nSPS) is 19.5. The molecule has 198 valence electrons. The number of halogens is 3. The highest BCUT2D eigenvalue weighted by molar-refractivity contribution is 5.96. The van der Waals surface area contributed by atoms with Gasteiger partial charge in [-0.05, 0) is 54.2 Å². The Labute approximate surface area is 224 Å². The minimum atomic E-state index is -1.06. The Bertz CT molecular complexity index is 1520. The number of benzene rings is 2. The number of rotatable bonds is 7. The predicted octanol–water partition coefficient (Wildman–Crippen LogP) is 4.36. The van der Waals surface area contributed by atoms with Crippen LogP contribution in [0, 0.1) is 23.5 Å². The molecule has 8 nitrogen and oxygen atoms in total. The van der Waals surface area contributed by atoms with Crippen molar-refractivity contribution in [3.8, 4) is 17.0 Å². The molecular weight excluding hydrogens is 514 g/mol. The Morgan fingerprint density at radius 2 is 1.95 bits per heavy atom. The van der Waals surface area contributed by atoms with Gasteiger partial charge in [0.1, 0.15) is 0 Å². The number of methoxy groups -OCH3 is 1. The van der Waals surface area contributed by atoms with Gasteiger partial charge < -0.3 is 20.7 Å². The van der Waals surface area contributed by atoms with Crippen LogP contribution in [0.4, 0.5) is 20.3 Å². The van der Waals surface area contributed by atoms with Crippen molar-refractivity contribution in [2.24, 2.45) is 11.8 Å². The van der Waals surface area contributed by atoms with Gasteiger partial charge in [0.05, 0.1) is 19.0 Å². The first-order chi connectivity index (χ1) is 18.0. The molecular formula is C27H27ClF2N6O2. The van der Waals surface area contributed by atoms with Crippen LogP contribution in [-0.2, 0) is 6.42 Å². The third kappa shape index (κ3) is 4.33. The second-order valence-electron chi connectivity index (χ2n) is 9.39. The number of hydrogen-bond donors (Lipinski definition) is 3. The zero-order valence-corrected chi connectivity index (χ0v) is 21.6. The Morgan fingerprint density at radius 3 is 2.68 bits per heavy atom. The lowest BCUT2D eigenvalue weighted by Crippen LogP contribution is -2.33. The van der Waals surface area contributed by atoms with Crippen LogP contribution in [0.5, 0.6) is 5.75 Å². The van der Waals surface area contributed by atoms with E-state index in [0.29, 0.717) is 41.0 Å². The second-order valence-corrected chi connectivity index (χ2v) is 9.39. The van der Waals surface area contributed by atoms with Crippen LogP contribution in [0.15, 0.2) is 48.9 Å². The molecule has 2 fully saturated rings. The molecule has 1 aliphatic carbocycles. The summed E-state index contributed by atoms with van der Waals surface area (Å²) in [6.45, 7) is 3.94. The van der Waals surface area contributed by atoms with Crippen molar-refractivity contribution in [2.45, 2.75) is 19.4 Å². The number of piperidine rings is 1. The topological polar surface area (TPSA) is 92.6 Å². The molecule has 1 saturated heterocycles. The Kier molecular flexibility index (Phi) is 6.93. The second kappa shape index (κ2) is 10.2. The third-order valence-electron chi connectivity index (χ3n) is 7.35. The summed E-state index contributed by atoms with van der Waals surface area (Å²) < 4.78 is 35.6. The van der Waals surface area contributed by atoms with E-state index < -0.39 is 11.6 Å². The van der Waals surface area contributed by atoms with Crippen molar-refractivity contribution >= 4 is 35.5 Å². The van der Waals surface area contributed by atoms with E-state index in [9.17, 15) is 13.6 Å². The van der Waals surface area contributed by atoms with Crippen molar-refractivity contribution in [3.63, 3.8) is 0 Å². The molecule has 0 radical (unpaired) electrons. The number of fused-ring (bicyclic) bond motifs is 2. The van der Waals surface area contributed by atoms with E-state index >= 15 is 0 Å². The molecule has 3 N–H and O–H groups in total. The summed E-state index contributed by atoms with van der Waals surface area (Å²) in [6, 6.07) is 8.67. The smallest absolute Gasteiger partial charge is 0.251 e. The first-order valence-electron chi connectivity index (χ1n) is 12.3. The lowest BCUT2D eigenvalue weighted by molar-refractivity contribution is 0.0945. The standard InChI is InChI=1S/C27H26F2N6O2.ClH/c1-3-14-10-15(4-5-16(14)27(36)34-24-18-11-30-12-19(18)24)33-25-26-32-13-20(35(26)9-8-31-25)17-6-7-21(37-2)23(29)22(17)28;/h4-10,13,18-19,24,30H,3,11-12H2,1-2H3,(H,31,33)(H,34,36);1H/t18-,19+,24?;. The molecule has 1 saturated carbocycles. The number of nitrogens with one attached hydrogen (secondary N) is 3. The average Bonchev–Trinajstić information content (AvgIpc) is 3.25. The summed E-state index contributed by atoms with van der Waals surface area (Å²) in [7, 11) is 1.29. The van der Waals surface area contributed by atoms with E-state index in [2.05, 4.69) is 25.9 Å². The van der Waals surface area contributed by atoms with E-state index in [1.165, 1.54) is 25.4 Å². The van der Waals surface area contributed by atoms with Gasteiger partial charge in [-0.25, -0.2) is 14.4 Å². The first-order valence-corrected chi connectivity index (χ1v) is 12.3. The van der Waals surface area contributed by atoms with Gasteiger partial charge in [0, 0.05) is 48.3 Å². The van der Waals surface area contributed by atoms with E-state index in [0.717, 1.165) is 24.3 Å². The molecule has 0 spiro atoms. The largest absolute Gasteiger partial charge is 0.494 e. The summed E-state index contributed by atoms with van der Waals surface area (Å²) in [5.74, 6) is -0.747. The summed E-state index contributed by atoms with van der Waals surface area (Å²) >= 11 is 0. The van der Waals surface area contributed by atoms with E-state index in [1.807, 2.05) is 25.1 Å². The Hall–Kier alpha value is -3.76. The zero-order valence-electron chi connectivity index (χ0n) is 20.8. The fourth-order valence-electron chi connectivity index (χ4n) is 5.28. The van der Waals surface area contributed by atoms with E-state index in [1.54, 1.807) is 16.8 Å². The molecule has 11 heteroatoms. The maximum atomic E-state index is 14.8. The minimum Gasteiger partial charge on any atom is -0.494 e. The highest BCUT2D eigenvalue weighted by Crippen LogP contribution is 2.41. The molecule has 38 heavy (non-hydrogen) atoms. The fourth-order valence-corrected chi connectivity index (χ4v) is 5.28. The maximum Gasteiger partial charge on any atom is 0.251 e. The number of carbonyl (C=O) groups excluding carboxylic acids is 1. The molecule has 3 atom stereocenters. The number of aryl methyl sites for hydroxylation is 1. The van der Waals surface area contributed by atoms with Gasteiger partial charge >= 0.3 is 0 Å². The molecule has 2 aromatic carbocycles. The van der Waals surface area contributed by atoms with Gasteiger partial charge in [-0.1, -0.05) is 6.92 Å². The highest BCUT2D eigenvalue weighted by atomic mass is 35.5. The van der Waals surface area contributed by atoms with Crippen molar-refractivity contribution in [1.82, 2.24) is 25.0 Å². The van der Waals surface area contributed by atoms with Crippen molar-refractivity contribution in [3.05, 3.63) is 71.7 Å². The van der Waals surface area contributed by atoms with Crippen LogP contribution in [0.1, 0.15) is 22.8 Å². The van der Waals surface area contributed by atoms with Gasteiger partial charge in [0.15, 0.2) is 23.0 Å². The molecule has 6 rings (SSSR count). The van der Waals surface area contributed by atoms with Crippen LogP contribution in [0.2, 0.25) is 0 Å². The molecule has 4 aromatic rings. The van der Waals surface area contributed by atoms with Gasteiger partial charge in [-0.2, -0.15) is 4.39 Å². The Morgan fingerprint density at radius 1 is 1.16 bits per heavy atom. The summed E-state index contributed by atoms with van der Waals surface area (Å²) in [6.07, 6.45) is 5.35. The minimum absolute atomic E-state index is 0. The van der Waals surface area contributed by atoms with Crippen molar-refractivity contribution in [1.29, 1.82) is 0 Å². The number of carbonyl (C=O) groups is 1. The van der Waals surface area contributed by atoms with Gasteiger partial charge in [0.2, 0.25) is 5.82 Å². The molecule has 3 heterocycles. The number of hydrogen-bond acceptors (Lipinski definition) is 6. The number of aromatic nitrogens is 3. The van der Waals surface area contributed by atoms with Crippen molar-refractivity contribution in [2.75, 3.05) is 25.5 Å². The van der Waals surface area contributed by atoms with E-state index in [4.69, 9.17) is 4.74 Å². The molecule has 0 bridgehead atoms. The average molecular weight is 541 g/mol. The number of ether oxygens (including phenoxy) is 1. The lowest BCUT2D eigenvalue weighted by atomic mass is 10.0. The monoisotopic (exact) mass is 540 g/mol. The van der Waals surface area contributed by atoms with E-state index in [-0.39, 0.29) is 35.7 Å². The number of amides is 1. The van der Waals surface area contributed by atoms with Gasteiger partial charge in [0.25, 0.3) is 5.91 Å². The van der Waals surface area contributed by atoms with Crippen LogP contribution in [0.25, 0.3) is 16.9 Å². The molecule has 1 amide bonds. The lowest BCUT2D eigenvalue weighted by Gasteiger charge is -2.13. The first kappa shape index (κ1) is 25.9. The van der Waals surface area contributed by atoms with Crippen LogP contribution < -0.4 is 20.7 Å². The fraction of sp³-hybridized carbons (Fsp3) is 0.296. The highest BCUT2D eigenvalue weighted by Gasteiger charge is 2.53. The van der Waals surface area contributed by atoms with Crippen LogP contribution in [-0.4, -0.2) is 46.5 Å². The quantitative estimate of drug-likeness (QED) is 0.323. The van der Waals surface area contributed by atoms with Crippen LogP contribution in [0.3, 0.4) is 0 Å². The molecule has 1 unspecified atom stereocenters. The molecule has 2 aliphatic rings. The predicted molar refractivity (Wildman–Crippen MR) is 142 cm³/mol. The number of imidazole rings is 1. The third-order valence-corrected chi connectivity index (χ3v) is 7.35. The molecule has 2 aromatic heterocycles. The SMILES string of the molecule is CCc1cc(Nc2nccn3c(-c4ccc(OC)c(F)c4F)cnc23)ccc1C(=O)NC1[C@H]2CNC[C@@H]12.Cl. The number of anilines is 2. The molecule has 1 aliphatic heterocycles. The summed E-state index contributed by atoms with van der Waals surface area (Å²) in [5, 5.41) is 9.78. The number of nitrogens with zero attached hydrogens (tertiary/aromatic N) is 3.